The number of allylic oxidation sites excluding steroid dienone is 1. The summed E-state index contributed by atoms with van der Waals surface area (Å²) in [7, 11) is -3.45. The minimum Gasteiger partial charge on any atom is -0.491 e. The van der Waals surface area contributed by atoms with Crippen LogP contribution in [0.3, 0.4) is 0 Å². The molecule has 3 aromatic rings. The zero-order chi connectivity index (χ0) is 22.1. The Hall–Kier alpha value is -2.89. The predicted molar refractivity (Wildman–Crippen MR) is 126 cm³/mol. The normalized spacial score (nSPS) is 12.3. The van der Waals surface area contributed by atoms with Crippen LogP contribution in [-0.2, 0) is 14.3 Å². The van der Waals surface area contributed by atoms with Crippen molar-refractivity contribution in [2.75, 3.05) is 19.5 Å². The predicted octanol–water partition coefficient (Wildman–Crippen LogP) is 5.80. The van der Waals surface area contributed by atoms with Crippen LogP contribution in [0.15, 0.2) is 84.9 Å². The maximum absolute atomic E-state index is 11.0. The van der Waals surface area contributed by atoms with E-state index in [9.17, 15) is 8.42 Å². The first-order chi connectivity index (χ1) is 15.0. The third-order valence-corrected chi connectivity index (χ3v) is 5.37. The summed E-state index contributed by atoms with van der Waals surface area (Å²) in [5, 5.41) is 0. The van der Waals surface area contributed by atoms with Gasteiger partial charge in [-0.2, -0.15) is 8.42 Å². The van der Waals surface area contributed by atoms with Crippen molar-refractivity contribution in [3.05, 3.63) is 102 Å². The molecule has 0 N–H and O–H groups in total. The molecule has 0 bridgehead atoms. The molecule has 0 aliphatic carbocycles. The number of hydrogen-bond donors (Lipinski definition) is 0. The molecule has 0 fully saturated rings. The van der Waals surface area contributed by atoms with Gasteiger partial charge >= 0.3 is 0 Å². The number of hydrogen-bond acceptors (Lipinski definition) is 4. The molecule has 0 heterocycles. The van der Waals surface area contributed by atoms with E-state index in [1.165, 1.54) is 22.3 Å². The van der Waals surface area contributed by atoms with Crippen molar-refractivity contribution < 1.29 is 17.3 Å². The quantitative estimate of drug-likeness (QED) is 0.229. The monoisotopic (exact) mass is 436 g/mol. The fourth-order valence-electron chi connectivity index (χ4n) is 3.49. The van der Waals surface area contributed by atoms with E-state index in [4.69, 9.17) is 8.92 Å². The molecule has 5 heteroatoms. The van der Waals surface area contributed by atoms with Gasteiger partial charge in [-0.05, 0) is 46.4 Å². The van der Waals surface area contributed by atoms with Crippen molar-refractivity contribution in [1.82, 2.24) is 0 Å². The highest BCUT2D eigenvalue weighted by Crippen LogP contribution is 2.35. The lowest BCUT2D eigenvalue weighted by atomic mass is 9.87. The van der Waals surface area contributed by atoms with Crippen molar-refractivity contribution in [2.24, 2.45) is 0 Å². The highest BCUT2D eigenvalue weighted by Gasteiger charge is 2.13. The van der Waals surface area contributed by atoms with Gasteiger partial charge in [0.2, 0.25) is 0 Å². The number of benzene rings is 3. The molecule has 0 saturated carbocycles. The van der Waals surface area contributed by atoms with Gasteiger partial charge in [0.1, 0.15) is 19.0 Å². The SMILES string of the molecule is CCC/C(=C(\c1ccccc1)c1ccc(OCCOS(C)(=O)=O)cc1)c1ccccc1. The van der Waals surface area contributed by atoms with Gasteiger partial charge in [-0.15, -0.1) is 0 Å². The Morgan fingerprint density at radius 2 is 1.29 bits per heavy atom. The average Bonchev–Trinajstić information content (AvgIpc) is 2.78. The van der Waals surface area contributed by atoms with Gasteiger partial charge in [0, 0.05) is 0 Å². The maximum atomic E-state index is 11.0. The molecule has 3 rings (SSSR count). The smallest absolute Gasteiger partial charge is 0.264 e. The van der Waals surface area contributed by atoms with Crippen molar-refractivity contribution in [3.63, 3.8) is 0 Å². The number of ether oxygens (including phenoxy) is 1. The molecule has 0 aliphatic heterocycles. The molecule has 31 heavy (non-hydrogen) atoms. The molecule has 0 aromatic heterocycles. The van der Waals surface area contributed by atoms with E-state index in [-0.39, 0.29) is 13.2 Å². The Balaban J connectivity index is 1.93. The zero-order valence-electron chi connectivity index (χ0n) is 18.0. The fourth-order valence-corrected chi connectivity index (χ4v) is 3.86. The molecular formula is C26H28O4S. The summed E-state index contributed by atoms with van der Waals surface area (Å²) in [4.78, 5) is 0. The summed E-state index contributed by atoms with van der Waals surface area (Å²) in [5.74, 6) is 0.671. The first-order valence-electron chi connectivity index (χ1n) is 10.4. The summed E-state index contributed by atoms with van der Waals surface area (Å²) in [6.45, 7) is 2.35. The molecular weight excluding hydrogens is 408 g/mol. The topological polar surface area (TPSA) is 52.6 Å². The van der Waals surface area contributed by atoms with Crippen LogP contribution in [0.2, 0.25) is 0 Å². The second kappa shape index (κ2) is 10.9. The third kappa shape index (κ3) is 6.81. The Kier molecular flexibility index (Phi) is 8.04. The standard InChI is InChI=1S/C26H28O4S/c1-3-10-25(21-11-6-4-7-12-21)26(22-13-8-5-9-14-22)23-15-17-24(18-16-23)29-19-20-30-31(2,27)28/h4-9,11-18H,3,10,19-20H2,1-2H3/b26-25-. The molecule has 0 spiro atoms. The highest BCUT2D eigenvalue weighted by molar-refractivity contribution is 7.85. The van der Waals surface area contributed by atoms with E-state index in [1.807, 2.05) is 36.4 Å². The van der Waals surface area contributed by atoms with Crippen molar-refractivity contribution >= 4 is 21.3 Å². The lowest BCUT2D eigenvalue weighted by molar-refractivity contribution is 0.222. The summed E-state index contributed by atoms with van der Waals surface area (Å²) >= 11 is 0. The van der Waals surface area contributed by atoms with E-state index < -0.39 is 10.1 Å². The van der Waals surface area contributed by atoms with Crippen molar-refractivity contribution in [2.45, 2.75) is 19.8 Å². The molecule has 0 unspecified atom stereocenters. The van der Waals surface area contributed by atoms with E-state index in [1.54, 1.807) is 0 Å². The average molecular weight is 437 g/mol. The lowest BCUT2D eigenvalue weighted by Crippen LogP contribution is -2.11. The van der Waals surface area contributed by atoms with E-state index in [0.717, 1.165) is 24.7 Å². The highest BCUT2D eigenvalue weighted by atomic mass is 32.2. The Morgan fingerprint density at radius 3 is 1.84 bits per heavy atom. The zero-order valence-corrected chi connectivity index (χ0v) is 18.8. The van der Waals surface area contributed by atoms with E-state index >= 15 is 0 Å². The van der Waals surface area contributed by atoms with Crippen LogP contribution in [0, 0.1) is 0 Å². The van der Waals surface area contributed by atoms with Gasteiger partial charge in [-0.1, -0.05) is 86.1 Å². The van der Waals surface area contributed by atoms with Gasteiger partial charge < -0.3 is 4.74 Å². The minimum atomic E-state index is -3.45. The molecule has 0 atom stereocenters. The molecule has 0 saturated heterocycles. The first-order valence-corrected chi connectivity index (χ1v) is 12.2. The van der Waals surface area contributed by atoms with Gasteiger partial charge in [0.25, 0.3) is 10.1 Å². The van der Waals surface area contributed by atoms with Gasteiger partial charge in [0.05, 0.1) is 6.26 Å². The Bertz CT molecular complexity index is 1090. The molecule has 0 amide bonds. The lowest BCUT2D eigenvalue weighted by Gasteiger charge is -2.17. The largest absolute Gasteiger partial charge is 0.491 e. The molecule has 162 valence electrons. The minimum absolute atomic E-state index is 0.00952. The van der Waals surface area contributed by atoms with Crippen LogP contribution in [0.5, 0.6) is 5.75 Å². The molecule has 0 aliphatic rings. The summed E-state index contributed by atoms with van der Waals surface area (Å²) < 4.78 is 32.4. The van der Waals surface area contributed by atoms with Crippen LogP contribution in [0.1, 0.15) is 36.5 Å². The van der Waals surface area contributed by atoms with Crippen LogP contribution in [0.4, 0.5) is 0 Å². The van der Waals surface area contributed by atoms with Gasteiger partial charge in [-0.3, -0.25) is 4.18 Å². The molecule has 4 nitrogen and oxygen atoms in total. The Labute approximate surface area is 185 Å². The van der Waals surface area contributed by atoms with Gasteiger partial charge in [0.15, 0.2) is 0 Å². The second-order valence-electron chi connectivity index (χ2n) is 7.23. The second-order valence-corrected chi connectivity index (χ2v) is 8.88. The summed E-state index contributed by atoms with van der Waals surface area (Å²) in [5.41, 5.74) is 6.02. The van der Waals surface area contributed by atoms with Crippen molar-refractivity contribution in [1.29, 1.82) is 0 Å². The maximum Gasteiger partial charge on any atom is 0.264 e. The van der Waals surface area contributed by atoms with Crippen LogP contribution >= 0.6 is 0 Å². The number of rotatable bonds is 10. The summed E-state index contributed by atoms with van der Waals surface area (Å²) in [6.07, 6.45) is 3.04. The van der Waals surface area contributed by atoms with Crippen molar-refractivity contribution in [3.8, 4) is 5.75 Å². The van der Waals surface area contributed by atoms with Gasteiger partial charge in [-0.25, -0.2) is 0 Å². The third-order valence-electron chi connectivity index (χ3n) is 4.78. The fraction of sp³-hybridized carbons (Fsp3) is 0.231. The molecule has 3 aromatic carbocycles. The van der Waals surface area contributed by atoms with E-state index in [0.29, 0.717) is 5.75 Å². The molecule has 0 radical (unpaired) electrons. The Morgan fingerprint density at radius 1 is 0.742 bits per heavy atom. The van der Waals surface area contributed by atoms with Crippen LogP contribution < -0.4 is 4.74 Å². The summed E-state index contributed by atoms with van der Waals surface area (Å²) in [6, 6.07) is 28.8. The van der Waals surface area contributed by atoms with E-state index in [2.05, 4.69) is 55.5 Å². The van der Waals surface area contributed by atoms with Crippen LogP contribution in [-0.4, -0.2) is 27.9 Å². The first kappa shape index (κ1) is 22.8. The van der Waals surface area contributed by atoms with Crippen LogP contribution in [0.25, 0.3) is 11.1 Å².